The van der Waals surface area contributed by atoms with Crippen LogP contribution >= 0.6 is 0 Å². The topological polar surface area (TPSA) is 56.7 Å². The van der Waals surface area contributed by atoms with Crippen molar-refractivity contribution in [2.24, 2.45) is 5.73 Å². The second-order valence-corrected chi connectivity index (χ2v) is 5.66. The van der Waals surface area contributed by atoms with E-state index in [1.54, 1.807) is 0 Å². The van der Waals surface area contributed by atoms with Crippen LogP contribution in [0.5, 0.6) is 0 Å². The molecule has 2 aromatic rings. The predicted molar refractivity (Wildman–Crippen MR) is 79.4 cm³/mol. The Bertz CT molecular complexity index is 555. The number of aryl methyl sites for hydroxylation is 1. The Morgan fingerprint density at radius 1 is 1.10 bits per heavy atom. The molecule has 1 aromatic heterocycles. The van der Waals surface area contributed by atoms with Crippen molar-refractivity contribution in [1.82, 2.24) is 14.8 Å². The molecule has 0 saturated heterocycles. The molecule has 4 nitrogen and oxygen atoms in total. The second-order valence-electron chi connectivity index (χ2n) is 5.66. The van der Waals surface area contributed by atoms with Crippen molar-refractivity contribution < 1.29 is 0 Å². The zero-order valence-corrected chi connectivity index (χ0v) is 12.0. The summed E-state index contributed by atoms with van der Waals surface area (Å²) >= 11 is 0. The first-order chi connectivity index (χ1) is 9.77. The van der Waals surface area contributed by atoms with Crippen LogP contribution in [-0.4, -0.2) is 14.8 Å². The first kappa shape index (κ1) is 13.3. The molecule has 2 N–H and O–H groups in total. The lowest BCUT2D eigenvalue weighted by molar-refractivity contribution is 0.338. The van der Waals surface area contributed by atoms with Crippen LogP contribution in [-0.2, 0) is 0 Å². The lowest BCUT2D eigenvalue weighted by Crippen LogP contribution is -2.23. The van der Waals surface area contributed by atoms with E-state index in [1.165, 1.54) is 32.1 Å². The van der Waals surface area contributed by atoms with Crippen LogP contribution in [0.1, 0.15) is 61.4 Å². The lowest BCUT2D eigenvalue weighted by Gasteiger charge is -2.26. The average Bonchev–Trinajstić information content (AvgIpc) is 2.90. The highest BCUT2D eigenvalue weighted by atomic mass is 15.3. The number of aromatic nitrogens is 3. The van der Waals surface area contributed by atoms with E-state index >= 15 is 0 Å². The van der Waals surface area contributed by atoms with E-state index in [2.05, 4.69) is 26.9 Å². The summed E-state index contributed by atoms with van der Waals surface area (Å²) in [7, 11) is 0. The van der Waals surface area contributed by atoms with Crippen molar-refractivity contribution >= 4 is 0 Å². The van der Waals surface area contributed by atoms with Gasteiger partial charge in [0.25, 0.3) is 0 Å². The van der Waals surface area contributed by atoms with Crippen LogP contribution in [0.4, 0.5) is 0 Å². The summed E-state index contributed by atoms with van der Waals surface area (Å²) in [5.41, 5.74) is 7.51. The lowest BCUT2D eigenvalue weighted by atomic mass is 9.94. The van der Waals surface area contributed by atoms with Crippen molar-refractivity contribution in [1.29, 1.82) is 0 Å². The summed E-state index contributed by atoms with van der Waals surface area (Å²) < 4.78 is 2.27. The Morgan fingerprint density at radius 2 is 1.80 bits per heavy atom. The summed E-state index contributed by atoms with van der Waals surface area (Å²) in [5, 5.41) is 8.63. The third-order valence-electron chi connectivity index (χ3n) is 4.27. The minimum Gasteiger partial charge on any atom is -0.318 e. The number of benzene rings is 1. The van der Waals surface area contributed by atoms with Gasteiger partial charge in [0.2, 0.25) is 0 Å². The smallest absolute Gasteiger partial charge is 0.154 e. The molecule has 3 rings (SSSR count). The van der Waals surface area contributed by atoms with E-state index in [9.17, 15) is 0 Å². The maximum absolute atomic E-state index is 6.41. The first-order valence-electron chi connectivity index (χ1n) is 7.49. The molecule has 1 atom stereocenters. The monoisotopic (exact) mass is 270 g/mol. The molecular formula is C16H22N4. The van der Waals surface area contributed by atoms with Gasteiger partial charge < -0.3 is 10.3 Å². The fourth-order valence-electron chi connectivity index (χ4n) is 3.20. The molecule has 0 radical (unpaired) electrons. The van der Waals surface area contributed by atoms with E-state index in [4.69, 9.17) is 5.73 Å². The Hall–Kier alpha value is -1.68. The average molecular weight is 270 g/mol. The van der Waals surface area contributed by atoms with Gasteiger partial charge in [-0.25, -0.2) is 0 Å². The van der Waals surface area contributed by atoms with Gasteiger partial charge in [-0.05, 0) is 25.3 Å². The van der Waals surface area contributed by atoms with Gasteiger partial charge in [0, 0.05) is 6.04 Å². The quantitative estimate of drug-likeness (QED) is 0.932. The SMILES string of the molecule is Cc1nnc(C(N)c2ccccc2)n1C1CCCCC1. The molecule has 106 valence electrons. The van der Waals surface area contributed by atoms with Gasteiger partial charge >= 0.3 is 0 Å². The molecule has 1 aliphatic carbocycles. The Labute approximate surface area is 120 Å². The third kappa shape index (κ3) is 2.48. The molecule has 1 aromatic carbocycles. The van der Waals surface area contributed by atoms with Gasteiger partial charge in [-0.3, -0.25) is 0 Å². The molecular weight excluding hydrogens is 248 g/mol. The molecule has 1 saturated carbocycles. The molecule has 20 heavy (non-hydrogen) atoms. The minimum atomic E-state index is -0.195. The molecule has 4 heteroatoms. The highest BCUT2D eigenvalue weighted by molar-refractivity contribution is 5.24. The second kappa shape index (κ2) is 5.75. The minimum absolute atomic E-state index is 0.195. The van der Waals surface area contributed by atoms with Gasteiger partial charge in [0.15, 0.2) is 5.82 Å². The van der Waals surface area contributed by atoms with Crippen LogP contribution in [0.2, 0.25) is 0 Å². The number of hydrogen-bond donors (Lipinski definition) is 1. The van der Waals surface area contributed by atoms with Crippen molar-refractivity contribution in [2.75, 3.05) is 0 Å². The largest absolute Gasteiger partial charge is 0.318 e. The fraction of sp³-hybridized carbons (Fsp3) is 0.500. The first-order valence-corrected chi connectivity index (χ1v) is 7.49. The number of nitrogens with zero attached hydrogens (tertiary/aromatic N) is 3. The van der Waals surface area contributed by atoms with E-state index in [1.807, 2.05) is 25.1 Å². The highest BCUT2D eigenvalue weighted by Crippen LogP contribution is 2.31. The molecule has 1 unspecified atom stereocenters. The summed E-state index contributed by atoms with van der Waals surface area (Å²) in [6, 6.07) is 10.5. The fourth-order valence-corrected chi connectivity index (χ4v) is 3.20. The van der Waals surface area contributed by atoms with Crippen molar-refractivity contribution in [3.8, 4) is 0 Å². The summed E-state index contributed by atoms with van der Waals surface area (Å²) in [6.45, 7) is 2.03. The number of hydrogen-bond acceptors (Lipinski definition) is 3. The van der Waals surface area contributed by atoms with Crippen LogP contribution < -0.4 is 5.73 Å². The van der Waals surface area contributed by atoms with Crippen LogP contribution in [0.15, 0.2) is 30.3 Å². The van der Waals surface area contributed by atoms with E-state index in [0.717, 1.165) is 17.2 Å². The Morgan fingerprint density at radius 3 is 2.50 bits per heavy atom. The standard InChI is InChI=1S/C16H22N4/c1-12-18-19-16(15(17)13-8-4-2-5-9-13)20(12)14-10-6-3-7-11-14/h2,4-5,8-9,14-15H,3,6-7,10-11,17H2,1H3. The zero-order chi connectivity index (χ0) is 13.9. The van der Waals surface area contributed by atoms with Gasteiger partial charge in [-0.2, -0.15) is 0 Å². The maximum atomic E-state index is 6.41. The van der Waals surface area contributed by atoms with Crippen molar-refractivity contribution in [3.63, 3.8) is 0 Å². The maximum Gasteiger partial charge on any atom is 0.154 e. The van der Waals surface area contributed by atoms with Crippen LogP contribution in [0.25, 0.3) is 0 Å². The molecule has 0 spiro atoms. The number of nitrogens with two attached hydrogens (primary N) is 1. The molecule has 0 bridgehead atoms. The van der Waals surface area contributed by atoms with Crippen LogP contribution in [0.3, 0.4) is 0 Å². The van der Waals surface area contributed by atoms with Gasteiger partial charge in [-0.15, -0.1) is 10.2 Å². The molecule has 1 aliphatic rings. The molecule has 0 aliphatic heterocycles. The summed E-state index contributed by atoms with van der Waals surface area (Å²) in [6.07, 6.45) is 6.36. The van der Waals surface area contributed by atoms with Gasteiger partial charge in [0.1, 0.15) is 5.82 Å². The van der Waals surface area contributed by atoms with Gasteiger partial charge in [0.05, 0.1) is 6.04 Å². The summed E-state index contributed by atoms with van der Waals surface area (Å²) in [4.78, 5) is 0. The Balaban J connectivity index is 1.94. The van der Waals surface area contributed by atoms with Crippen molar-refractivity contribution in [3.05, 3.63) is 47.5 Å². The van der Waals surface area contributed by atoms with Crippen molar-refractivity contribution in [2.45, 2.75) is 51.1 Å². The third-order valence-corrected chi connectivity index (χ3v) is 4.27. The normalized spacial score (nSPS) is 18.1. The predicted octanol–water partition coefficient (Wildman–Crippen LogP) is 3.14. The summed E-state index contributed by atoms with van der Waals surface area (Å²) in [5.74, 6) is 1.89. The van der Waals surface area contributed by atoms with E-state index in [0.29, 0.717) is 6.04 Å². The highest BCUT2D eigenvalue weighted by Gasteiger charge is 2.24. The molecule has 1 heterocycles. The zero-order valence-electron chi connectivity index (χ0n) is 12.0. The Kier molecular flexibility index (Phi) is 3.83. The van der Waals surface area contributed by atoms with E-state index < -0.39 is 0 Å². The van der Waals surface area contributed by atoms with Crippen LogP contribution in [0, 0.1) is 6.92 Å². The van der Waals surface area contributed by atoms with Gasteiger partial charge in [-0.1, -0.05) is 49.6 Å². The molecule has 1 fully saturated rings. The van der Waals surface area contributed by atoms with E-state index in [-0.39, 0.29) is 6.04 Å². The number of rotatable bonds is 3. The molecule has 0 amide bonds.